The van der Waals surface area contributed by atoms with Crippen LogP contribution in [0.25, 0.3) is 0 Å². The van der Waals surface area contributed by atoms with Crippen molar-refractivity contribution in [2.75, 3.05) is 40.3 Å². The minimum atomic E-state index is -0.00191. The van der Waals surface area contributed by atoms with Gasteiger partial charge in [0.1, 0.15) is 6.54 Å². The number of amides is 1. The molecule has 0 aliphatic rings. The van der Waals surface area contributed by atoms with E-state index >= 15 is 0 Å². The molecule has 2 N–H and O–H groups in total. The summed E-state index contributed by atoms with van der Waals surface area (Å²) in [6, 6.07) is 0. The van der Waals surface area contributed by atoms with Gasteiger partial charge in [0, 0.05) is 33.8 Å². The first-order valence-electron chi connectivity index (χ1n) is 7.81. The molecule has 0 bridgehead atoms. The van der Waals surface area contributed by atoms with E-state index in [0.717, 1.165) is 39.0 Å². The van der Waals surface area contributed by atoms with E-state index in [4.69, 9.17) is 4.74 Å². The Morgan fingerprint density at radius 2 is 1.86 bits per heavy atom. The van der Waals surface area contributed by atoms with E-state index in [1.165, 1.54) is 0 Å². The van der Waals surface area contributed by atoms with Crippen molar-refractivity contribution in [3.8, 4) is 0 Å². The number of likely N-dealkylation sites (N-methyl/N-ethyl adjacent to an activating group) is 1. The smallest absolute Gasteiger partial charge is 0.243 e. The number of unbranched alkanes of at least 4 members (excludes halogenated alkanes) is 1. The van der Waals surface area contributed by atoms with Crippen LogP contribution >= 0.6 is 0 Å². The van der Waals surface area contributed by atoms with Crippen LogP contribution in [-0.2, 0) is 9.53 Å². The van der Waals surface area contributed by atoms with E-state index in [-0.39, 0.29) is 12.5 Å². The highest BCUT2D eigenvalue weighted by atomic mass is 16.5. The summed E-state index contributed by atoms with van der Waals surface area (Å²) in [6.45, 7) is 8.80. The van der Waals surface area contributed by atoms with Gasteiger partial charge in [-0.3, -0.25) is 4.79 Å². The molecule has 6 nitrogen and oxygen atoms in total. The Morgan fingerprint density at radius 1 is 1.19 bits per heavy atom. The second-order valence-corrected chi connectivity index (χ2v) is 5.43. The first-order valence-corrected chi connectivity index (χ1v) is 7.81. The van der Waals surface area contributed by atoms with Gasteiger partial charge in [0.05, 0.1) is 6.10 Å². The van der Waals surface area contributed by atoms with Gasteiger partial charge >= 0.3 is 0 Å². The van der Waals surface area contributed by atoms with Crippen LogP contribution < -0.4 is 10.6 Å². The van der Waals surface area contributed by atoms with Gasteiger partial charge in [0.25, 0.3) is 0 Å². The molecular weight excluding hydrogens is 268 g/mol. The maximum absolute atomic E-state index is 11.5. The van der Waals surface area contributed by atoms with Crippen LogP contribution in [0.1, 0.15) is 40.0 Å². The summed E-state index contributed by atoms with van der Waals surface area (Å²) in [4.78, 5) is 17.4. The van der Waals surface area contributed by atoms with Gasteiger partial charge in [0.2, 0.25) is 5.91 Å². The fourth-order valence-corrected chi connectivity index (χ4v) is 1.46. The molecule has 0 unspecified atom stereocenters. The Kier molecular flexibility index (Phi) is 11.7. The highest BCUT2D eigenvalue weighted by molar-refractivity contribution is 5.84. The number of carbonyl (C=O) groups excluding carboxylic acids is 1. The summed E-state index contributed by atoms with van der Waals surface area (Å²) >= 11 is 0. The van der Waals surface area contributed by atoms with Crippen LogP contribution in [0.3, 0.4) is 0 Å². The van der Waals surface area contributed by atoms with Gasteiger partial charge in [-0.05, 0) is 33.1 Å². The van der Waals surface area contributed by atoms with Crippen molar-refractivity contribution in [3.63, 3.8) is 0 Å². The van der Waals surface area contributed by atoms with Crippen molar-refractivity contribution in [1.82, 2.24) is 15.5 Å². The van der Waals surface area contributed by atoms with Gasteiger partial charge in [-0.25, -0.2) is 4.99 Å². The fourth-order valence-electron chi connectivity index (χ4n) is 1.46. The average molecular weight is 300 g/mol. The Morgan fingerprint density at radius 3 is 2.43 bits per heavy atom. The molecule has 0 atom stereocenters. The second kappa shape index (κ2) is 12.4. The van der Waals surface area contributed by atoms with E-state index in [2.05, 4.69) is 22.5 Å². The highest BCUT2D eigenvalue weighted by Crippen LogP contribution is 1.93. The molecule has 0 saturated heterocycles. The molecule has 0 aliphatic carbocycles. The number of rotatable bonds is 10. The van der Waals surface area contributed by atoms with Gasteiger partial charge < -0.3 is 20.3 Å². The van der Waals surface area contributed by atoms with E-state index in [1.54, 1.807) is 19.0 Å². The van der Waals surface area contributed by atoms with Gasteiger partial charge in [-0.2, -0.15) is 0 Å². The lowest BCUT2D eigenvalue weighted by Gasteiger charge is -2.13. The molecule has 0 spiro atoms. The van der Waals surface area contributed by atoms with E-state index in [9.17, 15) is 4.79 Å². The molecule has 0 aromatic rings. The van der Waals surface area contributed by atoms with Crippen LogP contribution in [0.2, 0.25) is 0 Å². The zero-order valence-electron chi connectivity index (χ0n) is 14.2. The minimum absolute atomic E-state index is 0.00191. The largest absolute Gasteiger partial charge is 0.379 e. The molecule has 0 saturated carbocycles. The van der Waals surface area contributed by atoms with Crippen LogP contribution in [0.15, 0.2) is 4.99 Å². The Bertz CT molecular complexity index is 304. The fraction of sp³-hybridized carbons (Fsp3) is 0.867. The predicted octanol–water partition coefficient (Wildman–Crippen LogP) is 1.23. The molecule has 0 heterocycles. The van der Waals surface area contributed by atoms with Crippen molar-refractivity contribution >= 4 is 11.9 Å². The van der Waals surface area contributed by atoms with Crippen molar-refractivity contribution in [2.24, 2.45) is 4.99 Å². The molecule has 1 amide bonds. The molecule has 0 aliphatic heterocycles. The Labute approximate surface area is 129 Å². The maximum Gasteiger partial charge on any atom is 0.243 e. The van der Waals surface area contributed by atoms with E-state index < -0.39 is 0 Å². The molecule has 0 aromatic carbocycles. The molecule has 0 radical (unpaired) electrons. The van der Waals surface area contributed by atoms with Crippen molar-refractivity contribution in [1.29, 1.82) is 0 Å². The normalized spacial score (nSPS) is 11.6. The zero-order valence-corrected chi connectivity index (χ0v) is 14.2. The van der Waals surface area contributed by atoms with Crippen LogP contribution in [0.4, 0.5) is 0 Å². The average Bonchev–Trinajstić information content (AvgIpc) is 2.43. The van der Waals surface area contributed by atoms with Gasteiger partial charge in [0.15, 0.2) is 5.96 Å². The maximum atomic E-state index is 11.5. The number of hydrogen-bond acceptors (Lipinski definition) is 3. The lowest BCUT2D eigenvalue weighted by atomic mass is 10.3. The van der Waals surface area contributed by atoms with Crippen LogP contribution in [0.5, 0.6) is 0 Å². The van der Waals surface area contributed by atoms with E-state index in [1.807, 2.05) is 13.8 Å². The Balaban J connectivity index is 4.00. The standard InChI is InChI=1S/C15H32N4O2/c1-6-9-16-15(18-12-14(20)19(4)5)17-10-7-8-11-21-13(2)3/h13H,6-12H2,1-5H3,(H2,16,17,18). The lowest BCUT2D eigenvalue weighted by molar-refractivity contribution is -0.127. The SMILES string of the molecule is CCCNC(=NCC(=O)N(C)C)NCCCCOC(C)C. The van der Waals surface area contributed by atoms with E-state index in [0.29, 0.717) is 12.1 Å². The number of nitrogens with one attached hydrogen (secondary N) is 2. The molecule has 0 fully saturated rings. The number of guanidine groups is 1. The third kappa shape index (κ3) is 12.2. The van der Waals surface area contributed by atoms with Gasteiger partial charge in [-0.1, -0.05) is 6.92 Å². The van der Waals surface area contributed by atoms with Crippen LogP contribution in [-0.4, -0.2) is 63.2 Å². The quantitative estimate of drug-likeness (QED) is 0.362. The second-order valence-electron chi connectivity index (χ2n) is 5.43. The summed E-state index contributed by atoms with van der Waals surface area (Å²) in [5.41, 5.74) is 0. The number of ether oxygens (including phenoxy) is 1. The predicted molar refractivity (Wildman–Crippen MR) is 87.6 cm³/mol. The van der Waals surface area contributed by atoms with Gasteiger partial charge in [-0.15, -0.1) is 0 Å². The molecule has 124 valence electrons. The molecule has 6 heteroatoms. The number of carbonyl (C=O) groups is 1. The topological polar surface area (TPSA) is 66.0 Å². The monoisotopic (exact) mass is 300 g/mol. The zero-order chi connectivity index (χ0) is 16.1. The summed E-state index contributed by atoms with van der Waals surface area (Å²) in [5, 5.41) is 6.46. The summed E-state index contributed by atoms with van der Waals surface area (Å²) in [5.74, 6) is 0.703. The minimum Gasteiger partial charge on any atom is -0.379 e. The summed E-state index contributed by atoms with van der Waals surface area (Å²) < 4.78 is 5.50. The summed E-state index contributed by atoms with van der Waals surface area (Å²) in [7, 11) is 3.47. The third-order valence-corrected chi connectivity index (χ3v) is 2.73. The number of nitrogens with zero attached hydrogens (tertiary/aromatic N) is 2. The van der Waals surface area contributed by atoms with Crippen molar-refractivity contribution < 1.29 is 9.53 Å². The number of aliphatic imine (C=N–C) groups is 1. The van der Waals surface area contributed by atoms with Crippen molar-refractivity contribution in [3.05, 3.63) is 0 Å². The molecular formula is C15H32N4O2. The number of hydrogen-bond donors (Lipinski definition) is 2. The third-order valence-electron chi connectivity index (χ3n) is 2.73. The molecule has 21 heavy (non-hydrogen) atoms. The molecule has 0 aromatic heterocycles. The first kappa shape index (κ1) is 19.7. The highest BCUT2D eigenvalue weighted by Gasteiger charge is 2.04. The van der Waals surface area contributed by atoms with Crippen LogP contribution in [0, 0.1) is 0 Å². The Hall–Kier alpha value is -1.30. The van der Waals surface area contributed by atoms with Crippen molar-refractivity contribution in [2.45, 2.75) is 46.1 Å². The molecule has 0 rings (SSSR count). The summed E-state index contributed by atoms with van der Waals surface area (Å²) in [6.07, 6.45) is 3.34. The lowest BCUT2D eigenvalue weighted by Crippen LogP contribution is -2.39. The first-order chi connectivity index (χ1) is 9.97.